The average Bonchev–Trinajstić information content (AvgIpc) is 3.52. The predicted octanol–water partition coefficient (Wildman–Crippen LogP) is 4.61. The topological polar surface area (TPSA) is 165 Å². The van der Waals surface area contributed by atoms with Crippen molar-refractivity contribution in [2.75, 3.05) is 5.32 Å². The third-order valence-corrected chi connectivity index (χ3v) is 5.87. The van der Waals surface area contributed by atoms with E-state index in [-0.39, 0.29) is 40.7 Å². The molecule has 0 radical (unpaired) electrons. The highest BCUT2D eigenvalue weighted by Crippen LogP contribution is 2.28. The van der Waals surface area contributed by atoms with Gasteiger partial charge in [0, 0.05) is 11.6 Å². The fourth-order valence-electron chi connectivity index (χ4n) is 3.37. The number of alkyl carbamates (subject to hydrolysis) is 1. The number of anilines is 1. The van der Waals surface area contributed by atoms with Crippen LogP contribution in [-0.4, -0.2) is 55.3 Å². The summed E-state index contributed by atoms with van der Waals surface area (Å²) in [5.74, 6) is -1.01. The Labute approximate surface area is 229 Å². The van der Waals surface area contributed by atoms with Gasteiger partial charge >= 0.3 is 6.09 Å². The number of carbonyl (C=O) groups is 3. The Kier molecular flexibility index (Phi) is 9.81. The van der Waals surface area contributed by atoms with E-state index in [1.165, 1.54) is 24.4 Å². The molecule has 0 aromatic carbocycles. The second kappa shape index (κ2) is 12.8. The molecule has 2 atom stereocenters. The Morgan fingerprint density at radius 3 is 2.47 bits per heavy atom. The quantitative estimate of drug-likeness (QED) is 0.222. The number of nitrogens with one attached hydrogen (secondary N) is 3. The second-order valence-electron chi connectivity index (χ2n) is 9.59. The van der Waals surface area contributed by atoms with Crippen LogP contribution in [0.5, 0.6) is 0 Å². The van der Waals surface area contributed by atoms with Crippen molar-refractivity contribution in [1.29, 1.82) is 0 Å². The van der Waals surface area contributed by atoms with Crippen LogP contribution in [0.4, 0.5) is 10.6 Å². The number of ether oxygens (including phenoxy) is 1. The fourth-order valence-corrected chi connectivity index (χ4v) is 3.84. The molecule has 0 fully saturated rings. The lowest BCUT2D eigenvalue weighted by Gasteiger charge is -2.30. The van der Waals surface area contributed by atoms with Crippen molar-refractivity contribution in [1.82, 2.24) is 30.7 Å². The number of halogens is 2. The van der Waals surface area contributed by atoms with Crippen LogP contribution in [0.25, 0.3) is 11.5 Å². The lowest BCUT2D eigenvalue weighted by molar-refractivity contribution is -0.136. The van der Waals surface area contributed by atoms with Gasteiger partial charge in [0.2, 0.25) is 17.6 Å². The number of hydrogen-bond acceptors (Lipinski definition) is 9. The van der Waals surface area contributed by atoms with E-state index in [2.05, 4.69) is 36.0 Å². The SMILES string of the molecule is CCCC[C@H](NC(=O)O[C@H](Cc1nnc(-c2cc(Cl)nc(Cl)c2)o1)C(C)(C)C)C(=O)C(=O)Nc1ccn[nH]1. The summed E-state index contributed by atoms with van der Waals surface area (Å²) in [7, 11) is 0. The summed E-state index contributed by atoms with van der Waals surface area (Å²) in [4.78, 5) is 42.0. The van der Waals surface area contributed by atoms with E-state index in [0.717, 1.165) is 6.42 Å². The molecule has 0 saturated heterocycles. The van der Waals surface area contributed by atoms with Gasteiger partial charge in [0.05, 0.1) is 12.6 Å². The number of hydrogen-bond donors (Lipinski definition) is 3. The molecule has 3 aromatic rings. The van der Waals surface area contributed by atoms with E-state index in [4.69, 9.17) is 32.4 Å². The Balaban J connectivity index is 1.69. The number of amides is 2. The fraction of sp³-hybridized carbons (Fsp3) is 0.458. The molecule has 0 spiro atoms. The minimum Gasteiger partial charge on any atom is -0.445 e. The van der Waals surface area contributed by atoms with Gasteiger partial charge in [0.1, 0.15) is 28.3 Å². The van der Waals surface area contributed by atoms with Gasteiger partial charge in [0.15, 0.2) is 0 Å². The smallest absolute Gasteiger partial charge is 0.408 e. The van der Waals surface area contributed by atoms with Crippen LogP contribution in [0.3, 0.4) is 0 Å². The first kappa shape index (κ1) is 29.1. The first-order chi connectivity index (χ1) is 18.0. The lowest BCUT2D eigenvalue weighted by atomic mass is 9.87. The highest BCUT2D eigenvalue weighted by atomic mass is 35.5. The van der Waals surface area contributed by atoms with Crippen molar-refractivity contribution in [2.24, 2.45) is 5.41 Å². The third-order valence-electron chi connectivity index (χ3n) is 5.48. The molecule has 2 amide bonds. The average molecular weight is 566 g/mol. The molecule has 3 N–H and O–H groups in total. The normalized spacial score (nSPS) is 13.0. The van der Waals surface area contributed by atoms with Gasteiger partial charge in [-0.25, -0.2) is 9.78 Å². The van der Waals surface area contributed by atoms with Gasteiger partial charge in [-0.3, -0.25) is 14.7 Å². The van der Waals surface area contributed by atoms with Crippen LogP contribution in [0.1, 0.15) is 52.8 Å². The molecule has 0 aliphatic carbocycles. The van der Waals surface area contributed by atoms with Crippen molar-refractivity contribution < 1.29 is 23.5 Å². The molecule has 0 bridgehead atoms. The van der Waals surface area contributed by atoms with E-state index in [1.54, 1.807) is 0 Å². The first-order valence-electron chi connectivity index (χ1n) is 11.9. The molecule has 3 rings (SSSR count). The predicted molar refractivity (Wildman–Crippen MR) is 140 cm³/mol. The van der Waals surface area contributed by atoms with Gasteiger partial charge in [-0.1, -0.05) is 63.7 Å². The maximum atomic E-state index is 12.9. The molecule has 0 unspecified atom stereocenters. The van der Waals surface area contributed by atoms with E-state index >= 15 is 0 Å². The van der Waals surface area contributed by atoms with Gasteiger partial charge in [-0.2, -0.15) is 5.10 Å². The van der Waals surface area contributed by atoms with Crippen molar-refractivity contribution in [3.63, 3.8) is 0 Å². The summed E-state index contributed by atoms with van der Waals surface area (Å²) in [6, 6.07) is 3.50. The van der Waals surface area contributed by atoms with Crippen LogP contribution in [0.2, 0.25) is 10.3 Å². The molecule has 0 saturated carbocycles. The number of rotatable bonds is 11. The summed E-state index contributed by atoms with van der Waals surface area (Å²) in [5.41, 5.74) is -0.0405. The lowest BCUT2D eigenvalue weighted by Crippen LogP contribution is -2.47. The van der Waals surface area contributed by atoms with Crippen LogP contribution in [-0.2, 0) is 20.7 Å². The van der Waals surface area contributed by atoms with Gasteiger partial charge < -0.3 is 19.8 Å². The highest BCUT2D eigenvalue weighted by Gasteiger charge is 2.33. The minimum absolute atomic E-state index is 0.102. The van der Waals surface area contributed by atoms with Gasteiger partial charge in [0.25, 0.3) is 5.91 Å². The van der Waals surface area contributed by atoms with E-state index in [0.29, 0.717) is 12.0 Å². The standard InChI is InChI=1S/C24H29Cl2N7O5/c1-5-6-7-14(20(34)21(35)30-18-8-9-27-31-18)28-23(36)37-15(24(2,3)4)12-19-32-33-22(38-19)13-10-16(25)29-17(26)11-13/h8-11,14-15H,5-7,12H2,1-4H3,(H,28,36)(H2,27,30,31,35)/t14-,15+/m0/s1. The minimum atomic E-state index is -1.07. The maximum absolute atomic E-state index is 12.9. The zero-order valence-electron chi connectivity index (χ0n) is 21.4. The Bertz CT molecular complexity index is 1240. The number of Topliss-reactive ketones (excluding diaryl/α,β-unsaturated/α-hetero) is 1. The summed E-state index contributed by atoms with van der Waals surface area (Å²) in [6.45, 7) is 7.57. The third kappa shape index (κ3) is 8.25. The number of ketones is 1. The van der Waals surface area contributed by atoms with Gasteiger partial charge in [-0.05, 0) is 24.0 Å². The summed E-state index contributed by atoms with van der Waals surface area (Å²) < 4.78 is 11.4. The number of H-pyrrole nitrogens is 1. The zero-order chi connectivity index (χ0) is 27.9. The zero-order valence-corrected chi connectivity index (χ0v) is 22.9. The number of carbonyl (C=O) groups excluding carboxylic acids is 3. The maximum Gasteiger partial charge on any atom is 0.408 e. The first-order valence-corrected chi connectivity index (χ1v) is 12.7. The molecular weight excluding hydrogens is 537 g/mol. The highest BCUT2D eigenvalue weighted by molar-refractivity contribution is 6.42. The summed E-state index contributed by atoms with van der Waals surface area (Å²) in [5, 5.41) is 19.7. The molecule has 38 heavy (non-hydrogen) atoms. The molecule has 14 heteroatoms. The molecule has 3 aromatic heterocycles. The van der Waals surface area contributed by atoms with E-state index in [9.17, 15) is 14.4 Å². The Morgan fingerprint density at radius 1 is 1.16 bits per heavy atom. The van der Waals surface area contributed by atoms with Crippen molar-refractivity contribution in [3.05, 3.63) is 40.6 Å². The molecule has 204 valence electrons. The van der Waals surface area contributed by atoms with Crippen LogP contribution in [0, 0.1) is 5.41 Å². The number of unbranched alkanes of at least 4 members (excludes halogenated alkanes) is 1. The Hall–Kier alpha value is -3.51. The molecule has 0 aliphatic heterocycles. The van der Waals surface area contributed by atoms with Crippen LogP contribution in [0.15, 0.2) is 28.8 Å². The van der Waals surface area contributed by atoms with E-state index < -0.39 is 35.3 Å². The summed E-state index contributed by atoms with van der Waals surface area (Å²) >= 11 is 11.9. The molecule has 0 aliphatic rings. The molecular formula is C24H29Cl2N7O5. The largest absolute Gasteiger partial charge is 0.445 e. The van der Waals surface area contributed by atoms with Crippen molar-refractivity contribution >= 4 is 46.8 Å². The van der Waals surface area contributed by atoms with Crippen LogP contribution >= 0.6 is 23.2 Å². The summed E-state index contributed by atoms with van der Waals surface area (Å²) in [6.07, 6.45) is 1.63. The van der Waals surface area contributed by atoms with Crippen LogP contribution < -0.4 is 10.6 Å². The van der Waals surface area contributed by atoms with Crippen molar-refractivity contribution in [3.8, 4) is 11.5 Å². The van der Waals surface area contributed by atoms with Crippen molar-refractivity contribution in [2.45, 2.75) is 65.5 Å². The number of pyridine rings is 1. The second-order valence-corrected chi connectivity index (χ2v) is 10.4. The number of nitrogens with zero attached hydrogens (tertiary/aromatic N) is 4. The molecule has 12 nitrogen and oxygen atoms in total. The van der Waals surface area contributed by atoms with E-state index in [1.807, 2.05) is 27.7 Å². The number of aromatic nitrogens is 5. The van der Waals surface area contributed by atoms with Gasteiger partial charge in [-0.15, -0.1) is 10.2 Å². The number of aromatic amines is 1. The monoisotopic (exact) mass is 565 g/mol. The molecule has 3 heterocycles. The Morgan fingerprint density at radius 2 is 1.87 bits per heavy atom.